The minimum absolute atomic E-state index is 0.119. The number of nitrogens with one attached hydrogen (secondary N) is 1. The fourth-order valence-corrected chi connectivity index (χ4v) is 2.08. The number of nitrogens with zero attached hydrogens (tertiary/aromatic N) is 1. The molecule has 0 aromatic carbocycles. The van der Waals surface area contributed by atoms with E-state index < -0.39 is 22.8 Å². The summed E-state index contributed by atoms with van der Waals surface area (Å²) in [5.41, 5.74) is 5.14. The predicted molar refractivity (Wildman–Crippen MR) is 66.3 cm³/mol. The van der Waals surface area contributed by atoms with Crippen molar-refractivity contribution in [1.82, 2.24) is 5.32 Å². The van der Waals surface area contributed by atoms with Crippen LogP contribution in [0.5, 0.6) is 0 Å². The summed E-state index contributed by atoms with van der Waals surface area (Å²) in [5, 5.41) is 12.8. The maximum absolute atomic E-state index is 11.7. The second kappa shape index (κ2) is 6.10. The fourth-order valence-electron chi connectivity index (χ4n) is 1.35. The van der Waals surface area contributed by atoms with E-state index in [9.17, 15) is 19.7 Å². The van der Waals surface area contributed by atoms with Crippen LogP contribution in [0.25, 0.3) is 0 Å². The summed E-state index contributed by atoms with van der Waals surface area (Å²) in [7, 11) is 0. The molecule has 1 heterocycles. The van der Waals surface area contributed by atoms with Crippen molar-refractivity contribution in [2.45, 2.75) is 25.8 Å². The average Bonchev–Trinajstić information content (AvgIpc) is 2.77. The Kier molecular flexibility index (Phi) is 4.78. The van der Waals surface area contributed by atoms with Gasteiger partial charge in [0.25, 0.3) is 5.91 Å². The minimum Gasteiger partial charge on any atom is -0.368 e. The summed E-state index contributed by atoms with van der Waals surface area (Å²) in [6.45, 7) is 1.86. The highest BCUT2D eigenvalue weighted by atomic mass is 32.1. The molecule has 8 heteroatoms. The number of rotatable bonds is 6. The van der Waals surface area contributed by atoms with Gasteiger partial charge in [-0.3, -0.25) is 19.7 Å². The van der Waals surface area contributed by atoms with E-state index in [4.69, 9.17) is 5.73 Å². The third-order valence-electron chi connectivity index (χ3n) is 2.22. The van der Waals surface area contributed by atoms with E-state index in [0.29, 0.717) is 12.8 Å². The van der Waals surface area contributed by atoms with Gasteiger partial charge in [-0.15, -0.1) is 0 Å². The van der Waals surface area contributed by atoms with E-state index in [0.717, 1.165) is 11.3 Å². The number of amides is 2. The molecule has 2 amide bonds. The third-order valence-corrected chi connectivity index (χ3v) is 3.26. The molecular formula is C10H13N3O4S. The minimum atomic E-state index is -0.747. The van der Waals surface area contributed by atoms with E-state index in [1.165, 1.54) is 12.1 Å². The molecule has 1 aromatic heterocycles. The molecule has 1 rings (SSSR count). The van der Waals surface area contributed by atoms with Crippen LogP contribution in [0.1, 0.15) is 29.4 Å². The van der Waals surface area contributed by atoms with Crippen LogP contribution in [-0.2, 0) is 4.79 Å². The van der Waals surface area contributed by atoms with Gasteiger partial charge in [-0.1, -0.05) is 24.7 Å². The van der Waals surface area contributed by atoms with Crippen LogP contribution in [0.15, 0.2) is 12.1 Å². The van der Waals surface area contributed by atoms with Crippen LogP contribution >= 0.6 is 11.3 Å². The zero-order valence-corrected chi connectivity index (χ0v) is 10.5. The Hall–Kier alpha value is -1.96. The Balaban J connectivity index is 2.74. The van der Waals surface area contributed by atoms with E-state index in [1.807, 2.05) is 6.92 Å². The topological polar surface area (TPSA) is 115 Å². The van der Waals surface area contributed by atoms with Gasteiger partial charge in [0, 0.05) is 6.07 Å². The van der Waals surface area contributed by atoms with E-state index >= 15 is 0 Å². The second-order valence-corrected chi connectivity index (χ2v) is 4.67. The normalized spacial score (nSPS) is 11.8. The van der Waals surface area contributed by atoms with Crippen molar-refractivity contribution in [2.24, 2.45) is 5.73 Å². The summed E-state index contributed by atoms with van der Waals surface area (Å²) in [6.07, 6.45) is 1.13. The number of carbonyl (C=O) groups excluding carboxylic acids is 2. The molecule has 3 N–H and O–H groups in total. The van der Waals surface area contributed by atoms with Gasteiger partial charge in [-0.2, -0.15) is 0 Å². The van der Waals surface area contributed by atoms with Crippen LogP contribution in [0, 0.1) is 10.1 Å². The van der Waals surface area contributed by atoms with Crippen molar-refractivity contribution in [3.8, 4) is 0 Å². The smallest absolute Gasteiger partial charge is 0.324 e. The first kappa shape index (κ1) is 14.1. The SMILES string of the molecule is CCCC(NC(=O)c1ccc([N+](=O)[O-])s1)C(N)=O. The third kappa shape index (κ3) is 3.52. The Morgan fingerprint density at radius 3 is 2.67 bits per heavy atom. The summed E-state index contributed by atoms with van der Waals surface area (Å²) < 4.78 is 0. The van der Waals surface area contributed by atoms with Crippen molar-refractivity contribution < 1.29 is 14.5 Å². The maximum atomic E-state index is 11.7. The number of hydrogen-bond acceptors (Lipinski definition) is 5. The van der Waals surface area contributed by atoms with Crippen LogP contribution in [0.4, 0.5) is 5.00 Å². The second-order valence-electron chi connectivity index (χ2n) is 3.61. The quantitative estimate of drug-likeness (QED) is 0.594. The lowest BCUT2D eigenvalue weighted by Gasteiger charge is -2.13. The van der Waals surface area contributed by atoms with Crippen molar-refractivity contribution in [1.29, 1.82) is 0 Å². The van der Waals surface area contributed by atoms with Gasteiger partial charge in [-0.05, 0) is 12.5 Å². The zero-order chi connectivity index (χ0) is 13.7. The fraction of sp³-hybridized carbons (Fsp3) is 0.400. The maximum Gasteiger partial charge on any atom is 0.324 e. The van der Waals surface area contributed by atoms with Gasteiger partial charge in [-0.25, -0.2) is 0 Å². The molecule has 0 spiro atoms. The summed E-state index contributed by atoms with van der Waals surface area (Å²) in [4.78, 5) is 32.9. The lowest BCUT2D eigenvalue weighted by Crippen LogP contribution is -2.44. The number of nitrogens with two attached hydrogens (primary N) is 1. The highest BCUT2D eigenvalue weighted by Gasteiger charge is 2.20. The summed E-state index contributed by atoms with van der Waals surface area (Å²) in [5.74, 6) is -1.14. The van der Waals surface area contributed by atoms with Gasteiger partial charge in [0.15, 0.2) is 0 Å². The lowest BCUT2D eigenvalue weighted by atomic mass is 10.1. The van der Waals surface area contributed by atoms with Crippen LogP contribution in [0.2, 0.25) is 0 Å². The molecule has 1 aromatic rings. The van der Waals surface area contributed by atoms with Gasteiger partial charge in [0.05, 0.1) is 9.80 Å². The molecule has 0 aliphatic rings. The Morgan fingerprint density at radius 1 is 1.56 bits per heavy atom. The van der Waals surface area contributed by atoms with Crippen molar-refractivity contribution in [3.63, 3.8) is 0 Å². The molecule has 1 atom stereocenters. The molecule has 98 valence electrons. The van der Waals surface area contributed by atoms with E-state index in [2.05, 4.69) is 5.32 Å². The molecule has 0 radical (unpaired) electrons. The standard InChI is InChI=1S/C10H13N3O4S/c1-2-3-6(9(11)14)12-10(15)7-4-5-8(18-7)13(16)17/h4-6H,2-3H2,1H3,(H2,11,14)(H,12,15). The Labute approximate surface area is 107 Å². The number of hydrogen-bond donors (Lipinski definition) is 2. The highest BCUT2D eigenvalue weighted by molar-refractivity contribution is 7.17. The molecular weight excluding hydrogens is 258 g/mol. The van der Waals surface area contributed by atoms with Gasteiger partial charge < -0.3 is 11.1 Å². The number of nitro groups is 1. The first-order valence-corrected chi connectivity index (χ1v) is 6.11. The van der Waals surface area contributed by atoms with Gasteiger partial charge >= 0.3 is 5.00 Å². The number of primary amides is 1. The zero-order valence-electron chi connectivity index (χ0n) is 9.71. The highest BCUT2D eigenvalue weighted by Crippen LogP contribution is 2.23. The molecule has 0 fully saturated rings. The van der Waals surface area contributed by atoms with Crippen LogP contribution in [-0.4, -0.2) is 22.8 Å². The van der Waals surface area contributed by atoms with Crippen molar-refractivity contribution >= 4 is 28.2 Å². The predicted octanol–water partition coefficient (Wildman–Crippen LogP) is 1.04. The first-order valence-electron chi connectivity index (χ1n) is 5.30. The Morgan fingerprint density at radius 2 is 2.22 bits per heavy atom. The van der Waals surface area contributed by atoms with Crippen molar-refractivity contribution in [2.75, 3.05) is 0 Å². The van der Waals surface area contributed by atoms with Crippen LogP contribution in [0.3, 0.4) is 0 Å². The average molecular weight is 271 g/mol. The van der Waals surface area contributed by atoms with Crippen molar-refractivity contribution in [3.05, 3.63) is 27.1 Å². The van der Waals surface area contributed by atoms with Gasteiger partial charge in [0.1, 0.15) is 6.04 Å². The van der Waals surface area contributed by atoms with E-state index in [-0.39, 0.29) is 9.88 Å². The molecule has 1 unspecified atom stereocenters. The molecule has 0 bridgehead atoms. The molecule has 18 heavy (non-hydrogen) atoms. The molecule has 0 aliphatic heterocycles. The lowest BCUT2D eigenvalue weighted by molar-refractivity contribution is -0.380. The molecule has 0 saturated heterocycles. The molecule has 0 aliphatic carbocycles. The number of thiophene rings is 1. The molecule has 7 nitrogen and oxygen atoms in total. The Bertz CT molecular complexity index is 471. The van der Waals surface area contributed by atoms with Crippen LogP contribution < -0.4 is 11.1 Å². The number of carbonyl (C=O) groups is 2. The molecule has 0 saturated carbocycles. The summed E-state index contributed by atoms with van der Waals surface area (Å²) in [6, 6.07) is 1.85. The first-order chi connectivity index (χ1) is 8.45. The van der Waals surface area contributed by atoms with Gasteiger partial charge in [0.2, 0.25) is 5.91 Å². The monoisotopic (exact) mass is 271 g/mol. The largest absolute Gasteiger partial charge is 0.368 e. The summed E-state index contributed by atoms with van der Waals surface area (Å²) >= 11 is 0.758. The van der Waals surface area contributed by atoms with E-state index in [1.54, 1.807) is 0 Å².